The van der Waals surface area contributed by atoms with Crippen LogP contribution in [-0.2, 0) is 19.1 Å². The highest BCUT2D eigenvalue weighted by Crippen LogP contribution is 2.23. The van der Waals surface area contributed by atoms with Crippen LogP contribution in [0.4, 0.5) is 0 Å². The summed E-state index contributed by atoms with van der Waals surface area (Å²) in [6.07, 6.45) is 0.354. The van der Waals surface area contributed by atoms with Crippen LogP contribution in [0.3, 0.4) is 0 Å². The van der Waals surface area contributed by atoms with Crippen LogP contribution >= 0.6 is 23.5 Å². The van der Waals surface area contributed by atoms with Crippen LogP contribution in [0.15, 0.2) is 119 Å². The third kappa shape index (κ3) is 9.98. The van der Waals surface area contributed by atoms with Crippen molar-refractivity contribution >= 4 is 47.0 Å². The lowest BCUT2D eigenvalue weighted by Gasteiger charge is -2.24. The Labute approximate surface area is 260 Å². The van der Waals surface area contributed by atoms with Crippen LogP contribution in [0.1, 0.15) is 52.1 Å². The highest BCUT2D eigenvalue weighted by atomic mass is 32.2. The Balaban J connectivity index is 1.13. The predicted octanol–water partition coefficient (Wildman–Crippen LogP) is 7.29. The molecule has 0 fully saturated rings. The molecule has 4 rings (SSSR count). The monoisotopic (exact) mass is 612 g/mol. The minimum atomic E-state index is -0.807. The number of thioether (sulfide) groups is 2. The third-order valence-electron chi connectivity index (χ3n) is 6.38. The first-order valence-electron chi connectivity index (χ1n) is 13.7. The maximum Gasteiger partial charge on any atom is 0.316 e. The molecule has 0 heterocycles. The first-order valence-corrected chi connectivity index (χ1v) is 15.7. The fraction of sp³-hybridized carbons (Fsp3) is 0.200. The Morgan fingerprint density at radius 3 is 1.40 bits per heavy atom. The van der Waals surface area contributed by atoms with E-state index in [1.54, 1.807) is 62.4 Å². The quantitative estimate of drug-likeness (QED) is 0.0834. The molecule has 0 N–H and O–H groups in total. The fourth-order valence-corrected chi connectivity index (χ4v) is 5.41. The molecule has 6 nitrogen and oxygen atoms in total. The van der Waals surface area contributed by atoms with Crippen molar-refractivity contribution < 1.29 is 28.7 Å². The standard InChI is InChI=1S/C35H32O6S2/c1-35(2,41-32(37)24-43-30-19-15-28(16-20-30)34(39)26-11-7-4-8-12-26)21-22-40-31(36)23-42-29-17-13-27(14-18-29)33(38)25-9-5-3-6-10-25/h3-20H,21-24H2,1-2H3. The molecule has 220 valence electrons. The Bertz CT molecular complexity index is 1530. The van der Waals surface area contributed by atoms with E-state index in [0.717, 1.165) is 9.79 Å². The lowest BCUT2D eigenvalue weighted by molar-refractivity contribution is -0.155. The van der Waals surface area contributed by atoms with Crippen molar-refractivity contribution in [3.8, 4) is 0 Å². The molecule has 0 saturated carbocycles. The molecule has 4 aromatic carbocycles. The smallest absolute Gasteiger partial charge is 0.316 e. The normalized spacial score (nSPS) is 11.0. The number of carbonyl (C=O) groups excluding carboxylic acids is 4. The third-order valence-corrected chi connectivity index (χ3v) is 8.35. The van der Waals surface area contributed by atoms with Gasteiger partial charge in [0.1, 0.15) is 5.60 Å². The molecular formula is C35H32O6S2. The van der Waals surface area contributed by atoms with Crippen LogP contribution in [0.25, 0.3) is 0 Å². The molecule has 4 aromatic rings. The summed E-state index contributed by atoms with van der Waals surface area (Å²) in [6, 6.07) is 32.4. The van der Waals surface area contributed by atoms with Crippen LogP contribution in [0, 0.1) is 0 Å². The summed E-state index contributed by atoms with van der Waals surface area (Å²) < 4.78 is 11.0. The molecule has 0 aliphatic carbocycles. The van der Waals surface area contributed by atoms with Gasteiger partial charge in [-0.15, -0.1) is 23.5 Å². The van der Waals surface area contributed by atoms with Crippen molar-refractivity contribution in [2.75, 3.05) is 18.1 Å². The Morgan fingerprint density at radius 1 is 0.558 bits per heavy atom. The molecular weight excluding hydrogens is 581 g/mol. The molecule has 0 radical (unpaired) electrons. The molecule has 0 spiro atoms. The zero-order chi connectivity index (χ0) is 30.7. The van der Waals surface area contributed by atoms with Crippen LogP contribution in [0.2, 0.25) is 0 Å². The van der Waals surface area contributed by atoms with E-state index in [4.69, 9.17) is 9.47 Å². The SMILES string of the molecule is CC(C)(CCOC(=O)CSc1ccc(C(=O)c2ccccc2)cc1)OC(=O)CSc1ccc(C(=O)c2ccccc2)cc1. The number of ether oxygens (including phenoxy) is 2. The summed E-state index contributed by atoms with van der Waals surface area (Å²) in [7, 11) is 0. The van der Waals surface area contributed by atoms with E-state index in [1.165, 1.54) is 23.5 Å². The van der Waals surface area contributed by atoms with Gasteiger partial charge in [0.15, 0.2) is 11.6 Å². The molecule has 0 amide bonds. The number of benzene rings is 4. The zero-order valence-corrected chi connectivity index (χ0v) is 25.6. The number of ketones is 2. The maximum atomic E-state index is 12.6. The summed E-state index contributed by atoms with van der Waals surface area (Å²) in [5, 5.41) is 0. The first-order chi connectivity index (χ1) is 20.7. The number of rotatable bonds is 14. The summed E-state index contributed by atoms with van der Waals surface area (Å²) in [5.74, 6) is -0.621. The Hall–Kier alpha value is -4.14. The minimum Gasteiger partial charge on any atom is -0.465 e. The van der Waals surface area contributed by atoms with Gasteiger partial charge in [-0.1, -0.05) is 60.7 Å². The molecule has 8 heteroatoms. The number of hydrogen-bond acceptors (Lipinski definition) is 8. The van der Waals surface area contributed by atoms with E-state index in [-0.39, 0.29) is 41.6 Å². The Kier molecular flexibility index (Phi) is 11.4. The number of carbonyl (C=O) groups is 4. The average molecular weight is 613 g/mol. The van der Waals surface area contributed by atoms with Crippen molar-refractivity contribution in [3.63, 3.8) is 0 Å². The van der Waals surface area contributed by atoms with Crippen molar-refractivity contribution in [2.45, 2.75) is 35.7 Å². The molecule has 0 bridgehead atoms. The minimum absolute atomic E-state index is 0.0515. The lowest BCUT2D eigenvalue weighted by Crippen LogP contribution is -2.31. The van der Waals surface area contributed by atoms with Gasteiger partial charge in [-0.3, -0.25) is 19.2 Å². The van der Waals surface area contributed by atoms with Crippen LogP contribution in [0.5, 0.6) is 0 Å². The van der Waals surface area contributed by atoms with Crippen LogP contribution in [-0.4, -0.2) is 47.2 Å². The van der Waals surface area contributed by atoms with E-state index >= 15 is 0 Å². The second-order valence-corrected chi connectivity index (χ2v) is 12.3. The Morgan fingerprint density at radius 2 is 0.953 bits per heavy atom. The largest absolute Gasteiger partial charge is 0.465 e. The van der Waals surface area contributed by atoms with Gasteiger partial charge < -0.3 is 9.47 Å². The molecule has 43 heavy (non-hydrogen) atoms. The van der Waals surface area contributed by atoms with Crippen molar-refractivity contribution in [1.82, 2.24) is 0 Å². The zero-order valence-electron chi connectivity index (χ0n) is 24.0. The summed E-state index contributed by atoms with van der Waals surface area (Å²) in [5.41, 5.74) is 1.61. The average Bonchev–Trinajstić information content (AvgIpc) is 3.03. The molecule has 0 saturated heterocycles. The lowest BCUT2D eigenvalue weighted by atomic mass is 10.0. The van der Waals surface area contributed by atoms with Gasteiger partial charge in [0.25, 0.3) is 0 Å². The summed E-state index contributed by atoms with van der Waals surface area (Å²) in [4.78, 5) is 51.5. The molecule has 0 aromatic heterocycles. The summed E-state index contributed by atoms with van der Waals surface area (Å²) >= 11 is 2.65. The van der Waals surface area contributed by atoms with Gasteiger partial charge in [0.05, 0.1) is 18.1 Å². The molecule has 0 atom stereocenters. The first kappa shape index (κ1) is 31.8. The topological polar surface area (TPSA) is 86.7 Å². The van der Waals surface area contributed by atoms with Crippen molar-refractivity contribution in [3.05, 3.63) is 131 Å². The summed E-state index contributed by atoms with van der Waals surface area (Å²) in [6.45, 7) is 3.68. The molecule has 0 aliphatic rings. The number of esters is 2. The van der Waals surface area contributed by atoms with Gasteiger partial charge in [-0.25, -0.2) is 0 Å². The van der Waals surface area contributed by atoms with E-state index in [2.05, 4.69) is 0 Å². The van der Waals surface area contributed by atoms with Gasteiger partial charge >= 0.3 is 11.9 Å². The second-order valence-electron chi connectivity index (χ2n) is 10.2. The van der Waals surface area contributed by atoms with Gasteiger partial charge in [0.2, 0.25) is 0 Å². The van der Waals surface area contributed by atoms with Crippen LogP contribution < -0.4 is 0 Å². The van der Waals surface area contributed by atoms with Gasteiger partial charge in [0, 0.05) is 38.5 Å². The van der Waals surface area contributed by atoms with Gasteiger partial charge in [-0.2, -0.15) is 0 Å². The van der Waals surface area contributed by atoms with E-state index in [9.17, 15) is 19.2 Å². The predicted molar refractivity (Wildman–Crippen MR) is 170 cm³/mol. The van der Waals surface area contributed by atoms with E-state index < -0.39 is 5.60 Å². The maximum absolute atomic E-state index is 12.6. The molecule has 0 aliphatic heterocycles. The molecule has 0 unspecified atom stereocenters. The second kappa shape index (κ2) is 15.4. The van der Waals surface area contributed by atoms with Crippen molar-refractivity contribution in [1.29, 1.82) is 0 Å². The highest BCUT2D eigenvalue weighted by molar-refractivity contribution is 8.00. The van der Waals surface area contributed by atoms with E-state index in [0.29, 0.717) is 28.7 Å². The number of hydrogen-bond donors (Lipinski definition) is 0. The fourth-order valence-electron chi connectivity index (χ4n) is 4.04. The van der Waals surface area contributed by atoms with Crippen molar-refractivity contribution in [2.24, 2.45) is 0 Å². The van der Waals surface area contributed by atoms with Gasteiger partial charge in [-0.05, 0) is 62.4 Å². The highest BCUT2D eigenvalue weighted by Gasteiger charge is 2.23. The van der Waals surface area contributed by atoms with E-state index in [1.807, 2.05) is 60.7 Å².